The van der Waals surface area contributed by atoms with E-state index in [1.54, 1.807) is 0 Å². The minimum absolute atomic E-state index is 0.0543. The highest BCUT2D eigenvalue weighted by Gasteiger charge is 2.32. The third-order valence-corrected chi connectivity index (χ3v) is 4.96. The monoisotopic (exact) mass is 590 g/mol. The highest BCUT2D eigenvalue weighted by molar-refractivity contribution is 14.1. The van der Waals surface area contributed by atoms with Crippen molar-refractivity contribution in [2.45, 2.75) is 50.6 Å². The van der Waals surface area contributed by atoms with Gasteiger partial charge in [-0.2, -0.15) is 0 Å². The van der Waals surface area contributed by atoms with Crippen LogP contribution in [0.15, 0.2) is 36.4 Å². The van der Waals surface area contributed by atoms with Gasteiger partial charge >= 0.3 is 12.7 Å². The number of alkyl halides is 6. The van der Waals surface area contributed by atoms with Crippen molar-refractivity contribution in [3.8, 4) is 23.0 Å². The Hall–Kier alpha value is -2.38. The van der Waals surface area contributed by atoms with Gasteiger partial charge in [-0.05, 0) is 84.7 Å². The van der Waals surface area contributed by atoms with Crippen LogP contribution in [0.2, 0.25) is 0 Å². The number of carbonyl (C=O) groups is 1. The summed E-state index contributed by atoms with van der Waals surface area (Å²) in [6, 6.07) is 7.51. The van der Waals surface area contributed by atoms with Gasteiger partial charge in [0.1, 0.15) is 23.0 Å². The Kier molecular flexibility index (Phi) is 7.85. The van der Waals surface area contributed by atoms with E-state index in [-0.39, 0.29) is 29.3 Å². The van der Waals surface area contributed by atoms with E-state index in [2.05, 4.69) is 9.47 Å². The van der Waals surface area contributed by atoms with E-state index in [9.17, 15) is 31.1 Å². The van der Waals surface area contributed by atoms with Gasteiger partial charge in [-0.3, -0.25) is 4.79 Å². The lowest BCUT2D eigenvalue weighted by molar-refractivity contribution is -0.275. The number of aldehydes is 1. The molecule has 33 heavy (non-hydrogen) atoms. The molecule has 2 aromatic rings. The SMILES string of the molecule is FC(F)(F)Oc1ccc(OC2CC2)c(I)c1.O=Cc1cc(OC(F)(F)F)ccc1OC1CC1. The van der Waals surface area contributed by atoms with Gasteiger partial charge in [0.15, 0.2) is 6.29 Å². The number of hydrogen-bond acceptors (Lipinski definition) is 5. The predicted octanol–water partition coefficient (Wildman–Crippen LogP) is 6.67. The van der Waals surface area contributed by atoms with E-state index in [4.69, 9.17) is 9.47 Å². The molecular weight excluding hydrogens is 573 g/mol. The highest BCUT2D eigenvalue weighted by Crippen LogP contribution is 2.34. The largest absolute Gasteiger partial charge is 0.573 e. The lowest BCUT2D eigenvalue weighted by Gasteiger charge is -2.11. The Balaban J connectivity index is 0.000000186. The van der Waals surface area contributed by atoms with Crippen molar-refractivity contribution in [2.24, 2.45) is 0 Å². The van der Waals surface area contributed by atoms with Gasteiger partial charge < -0.3 is 18.9 Å². The molecule has 4 rings (SSSR count). The van der Waals surface area contributed by atoms with E-state index in [1.807, 2.05) is 22.6 Å². The first-order chi connectivity index (χ1) is 15.4. The van der Waals surface area contributed by atoms with Crippen LogP contribution in [-0.2, 0) is 0 Å². The molecule has 12 heteroatoms. The molecule has 0 bridgehead atoms. The minimum Gasteiger partial charge on any atom is -0.490 e. The zero-order valence-electron chi connectivity index (χ0n) is 16.7. The van der Waals surface area contributed by atoms with E-state index in [0.29, 0.717) is 15.6 Å². The van der Waals surface area contributed by atoms with Crippen LogP contribution >= 0.6 is 22.6 Å². The van der Waals surface area contributed by atoms with Crippen molar-refractivity contribution in [3.05, 3.63) is 45.5 Å². The molecule has 0 unspecified atom stereocenters. The van der Waals surface area contributed by atoms with Gasteiger partial charge in [0.25, 0.3) is 0 Å². The normalized spacial score (nSPS) is 15.7. The molecule has 2 aliphatic carbocycles. The Morgan fingerprint density at radius 3 is 1.64 bits per heavy atom. The zero-order valence-corrected chi connectivity index (χ0v) is 18.9. The number of rotatable bonds is 7. The molecule has 0 heterocycles. The first-order valence-corrected chi connectivity index (χ1v) is 10.7. The van der Waals surface area contributed by atoms with Crippen LogP contribution in [0.3, 0.4) is 0 Å². The molecule has 0 aliphatic heterocycles. The van der Waals surface area contributed by atoms with Gasteiger partial charge in [-0.1, -0.05) is 0 Å². The predicted molar refractivity (Wildman–Crippen MR) is 112 cm³/mol. The van der Waals surface area contributed by atoms with E-state index < -0.39 is 18.5 Å². The third-order valence-electron chi connectivity index (χ3n) is 4.11. The molecule has 0 radical (unpaired) electrons. The van der Waals surface area contributed by atoms with Crippen molar-refractivity contribution in [1.29, 1.82) is 0 Å². The molecule has 2 fully saturated rings. The van der Waals surface area contributed by atoms with Crippen molar-refractivity contribution in [3.63, 3.8) is 0 Å². The zero-order chi connectivity index (χ0) is 24.2. The number of benzene rings is 2. The second-order valence-corrected chi connectivity index (χ2v) is 8.30. The van der Waals surface area contributed by atoms with Gasteiger partial charge in [-0.25, -0.2) is 0 Å². The Bertz CT molecular complexity index is 971. The van der Waals surface area contributed by atoms with Crippen LogP contribution < -0.4 is 18.9 Å². The fourth-order valence-corrected chi connectivity index (χ4v) is 3.04. The number of ether oxygens (including phenoxy) is 4. The summed E-state index contributed by atoms with van der Waals surface area (Å²) in [5.74, 6) is 0.248. The summed E-state index contributed by atoms with van der Waals surface area (Å²) in [5, 5.41) is 0. The average Bonchev–Trinajstić information content (AvgIpc) is 3.60. The van der Waals surface area contributed by atoms with Crippen molar-refractivity contribution in [1.82, 2.24) is 0 Å². The number of carbonyl (C=O) groups excluding carboxylic acids is 1. The highest BCUT2D eigenvalue weighted by atomic mass is 127. The quantitative estimate of drug-likeness (QED) is 0.205. The molecule has 0 saturated heterocycles. The Labute approximate surface area is 198 Å². The van der Waals surface area contributed by atoms with E-state index in [1.165, 1.54) is 24.3 Å². The van der Waals surface area contributed by atoms with Crippen LogP contribution in [-0.4, -0.2) is 31.2 Å². The number of halogens is 7. The summed E-state index contributed by atoms with van der Waals surface area (Å²) in [6.45, 7) is 0. The van der Waals surface area contributed by atoms with Gasteiger partial charge in [-0.15, -0.1) is 26.3 Å². The first-order valence-electron chi connectivity index (χ1n) is 9.65. The summed E-state index contributed by atoms with van der Waals surface area (Å²) in [7, 11) is 0. The van der Waals surface area contributed by atoms with Crippen LogP contribution in [0, 0.1) is 3.57 Å². The van der Waals surface area contributed by atoms with E-state index in [0.717, 1.165) is 37.8 Å². The third kappa shape index (κ3) is 9.18. The summed E-state index contributed by atoms with van der Waals surface area (Å²) in [5.41, 5.74) is 0.0543. The fraction of sp³-hybridized carbons (Fsp3) is 0.381. The second kappa shape index (κ2) is 10.3. The molecule has 2 saturated carbocycles. The van der Waals surface area contributed by atoms with Gasteiger partial charge in [0, 0.05) is 0 Å². The summed E-state index contributed by atoms with van der Waals surface area (Å²) in [6.07, 6.45) is -4.85. The van der Waals surface area contributed by atoms with Gasteiger partial charge in [0.2, 0.25) is 0 Å². The minimum atomic E-state index is -4.76. The molecule has 2 aliphatic rings. The Morgan fingerprint density at radius 2 is 1.21 bits per heavy atom. The summed E-state index contributed by atoms with van der Waals surface area (Å²) < 4.78 is 90.7. The van der Waals surface area contributed by atoms with Crippen molar-refractivity contribution in [2.75, 3.05) is 0 Å². The molecule has 5 nitrogen and oxygen atoms in total. The molecule has 0 N–H and O–H groups in total. The van der Waals surface area contributed by atoms with Crippen molar-refractivity contribution >= 4 is 28.9 Å². The second-order valence-electron chi connectivity index (χ2n) is 7.14. The average molecular weight is 590 g/mol. The van der Waals surface area contributed by atoms with Gasteiger partial charge in [0.05, 0.1) is 21.3 Å². The molecular formula is C21H17F6IO5. The van der Waals surface area contributed by atoms with Crippen molar-refractivity contribution < 1.29 is 50.1 Å². The lowest BCUT2D eigenvalue weighted by Crippen LogP contribution is -2.17. The molecule has 0 spiro atoms. The first kappa shape index (κ1) is 25.2. The molecule has 180 valence electrons. The smallest absolute Gasteiger partial charge is 0.490 e. The summed E-state index contributed by atoms with van der Waals surface area (Å²) >= 11 is 1.93. The fourth-order valence-electron chi connectivity index (χ4n) is 2.43. The Morgan fingerprint density at radius 1 is 0.758 bits per heavy atom. The molecule has 2 aromatic carbocycles. The maximum absolute atomic E-state index is 12.0. The maximum atomic E-state index is 12.0. The van der Waals surface area contributed by atoms with Crippen LogP contribution in [0.25, 0.3) is 0 Å². The van der Waals surface area contributed by atoms with E-state index >= 15 is 0 Å². The maximum Gasteiger partial charge on any atom is 0.573 e. The number of hydrogen-bond donors (Lipinski definition) is 0. The van der Waals surface area contributed by atoms with Crippen LogP contribution in [0.5, 0.6) is 23.0 Å². The molecule has 0 atom stereocenters. The standard InChI is InChI=1S/C11H9F3O3.C10H8F3IO2/c12-11(13,14)17-9-3-4-10(7(5-9)6-15)16-8-1-2-8;11-10(12,13)16-7-3-4-9(8(14)5-7)15-6-1-2-6/h3-6,8H,1-2H2;3-6H,1-2H2. The molecule has 0 aromatic heterocycles. The lowest BCUT2D eigenvalue weighted by atomic mass is 10.2. The van der Waals surface area contributed by atoms with Crippen LogP contribution in [0.4, 0.5) is 26.3 Å². The summed E-state index contributed by atoms with van der Waals surface area (Å²) in [4.78, 5) is 10.7. The van der Waals surface area contributed by atoms with Crippen LogP contribution in [0.1, 0.15) is 36.0 Å². The topological polar surface area (TPSA) is 54.0 Å². The molecule has 0 amide bonds.